The summed E-state index contributed by atoms with van der Waals surface area (Å²) in [6.07, 6.45) is -1.44. The second kappa shape index (κ2) is 11.5. The highest BCUT2D eigenvalue weighted by molar-refractivity contribution is 8.00. The van der Waals surface area contributed by atoms with Gasteiger partial charge in [-0.1, -0.05) is 17.3 Å². The molecule has 3 aromatic rings. The fraction of sp³-hybridized carbons (Fsp3) is 0.542. The molecule has 0 radical (unpaired) electrons. The van der Waals surface area contributed by atoms with Crippen LogP contribution in [0.15, 0.2) is 27.6 Å². The van der Waals surface area contributed by atoms with Crippen LogP contribution in [0, 0.1) is 0 Å². The van der Waals surface area contributed by atoms with Crippen LogP contribution < -0.4 is 10.6 Å². The summed E-state index contributed by atoms with van der Waals surface area (Å²) in [4.78, 5) is 18.2. The zero-order valence-corrected chi connectivity index (χ0v) is 23.3. The third-order valence-electron chi connectivity index (χ3n) is 5.79. The molecule has 1 saturated heterocycles. The Morgan fingerprint density at radius 2 is 2.10 bits per heavy atom. The number of halogens is 4. The largest absolute Gasteiger partial charge is 0.446 e. The topological polar surface area (TPSA) is 113 Å². The van der Waals surface area contributed by atoms with Crippen LogP contribution >= 0.6 is 23.1 Å². The average molecular weight is 592 g/mol. The van der Waals surface area contributed by atoms with Gasteiger partial charge in [-0.05, 0) is 52.1 Å². The molecule has 39 heavy (non-hydrogen) atoms. The van der Waals surface area contributed by atoms with Crippen LogP contribution in [-0.2, 0) is 4.74 Å². The van der Waals surface area contributed by atoms with E-state index in [0.29, 0.717) is 28.7 Å². The number of thiophene rings is 1. The standard InChI is InChI=1S/C24H29F4N5O4S2/c1-23(2,3)36-22(35)30-16(11-34)21-31-20(32-37-21)19-18(39-24(26,27)28)12-6-5-7-15(17(12)38-19)29-14-8-9-33(4)10-13(14)25/h5-7,13-14,16,29,34H,8-11H2,1-4H3,(H,30,35)/t13-,14+,16+/m0/s1. The van der Waals surface area contributed by atoms with Crippen molar-refractivity contribution < 1.29 is 36.7 Å². The molecule has 0 aliphatic carbocycles. The lowest BCUT2D eigenvalue weighted by atomic mass is 10.0. The lowest BCUT2D eigenvalue weighted by Crippen LogP contribution is -2.46. The Balaban J connectivity index is 1.69. The van der Waals surface area contributed by atoms with Crippen molar-refractivity contribution in [2.24, 2.45) is 0 Å². The van der Waals surface area contributed by atoms with Crippen molar-refractivity contribution in [1.82, 2.24) is 20.4 Å². The highest BCUT2D eigenvalue weighted by Gasteiger charge is 2.35. The molecule has 0 bridgehead atoms. The number of aromatic nitrogens is 2. The van der Waals surface area contributed by atoms with Gasteiger partial charge in [0, 0.05) is 23.4 Å². The summed E-state index contributed by atoms with van der Waals surface area (Å²) >= 11 is 0.709. The van der Waals surface area contributed by atoms with Crippen molar-refractivity contribution in [2.45, 2.75) is 61.5 Å². The number of benzene rings is 1. The number of anilines is 1. The molecule has 0 spiro atoms. The molecule has 1 aliphatic heterocycles. The Labute approximate surface area is 230 Å². The second-order valence-electron chi connectivity index (χ2n) is 10.1. The van der Waals surface area contributed by atoms with Crippen LogP contribution in [0.1, 0.15) is 39.1 Å². The maximum absolute atomic E-state index is 14.7. The maximum atomic E-state index is 14.7. The average Bonchev–Trinajstić information content (AvgIpc) is 3.43. The van der Waals surface area contributed by atoms with Crippen LogP contribution in [0.3, 0.4) is 0 Å². The van der Waals surface area contributed by atoms with Crippen molar-refractivity contribution in [3.63, 3.8) is 0 Å². The molecular formula is C24H29F4N5O4S2. The van der Waals surface area contributed by atoms with Gasteiger partial charge < -0.3 is 29.9 Å². The first-order valence-corrected chi connectivity index (χ1v) is 13.7. The molecule has 15 heteroatoms. The predicted octanol–water partition coefficient (Wildman–Crippen LogP) is 5.58. The Bertz CT molecular complexity index is 1310. The molecule has 1 amide bonds. The maximum Gasteiger partial charge on any atom is 0.446 e. The Morgan fingerprint density at radius 3 is 2.74 bits per heavy atom. The van der Waals surface area contributed by atoms with E-state index in [1.54, 1.807) is 39.0 Å². The number of rotatable bonds is 7. The third kappa shape index (κ3) is 7.32. The van der Waals surface area contributed by atoms with Crippen molar-refractivity contribution in [2.75, 3.05) is 32.1 Å². The van der Waals surface area contributed by atoms with Gasteiger partial charge in [0.1, 0.15) is 17.8 Å². The number of ether oxygens (including phenoxy) is 1. The minimum atomic E-state index is -4.61. The first kappa shape index (κ1) is 29.4. The second-order valence-corrected chi connectivity index (χ2v) is 12.2. The van der Waals surface area contributed by atoms with Crippen molar-refractivity contribution >= 4 is 45.0 Å². The molecule has 0 unspecified atom stereocenters. The summed E-state index contributed by atoms with van der Waals surface area (Å²) in [6.45, 7) is 5.32. The number of aliphatic hydroxyl groups is 1. The lowest BCUT2D eigenvalue weighted by Gasteiger charge is -2.33. The minimum absolute atomic E-state index is 0.0886. The number of hydrogen-bond donors (Lipinski definition) is 3. The summed E-state index contributed by atoms with van der Waals surface area (Å²) in [6, 6.07) is 3.23. The number of alkyl halides is 4. The summed E-state index contributed by atoms with van der Waals surface area (Å²) < 4.78 is 66.4. The van der Waals surface area contributed by atoms with Gasteiger partial charge in [-0.2, -0.15) is 18.2 Å². The van der Waals surface area contributed by atoms with Gasteiger partial charge in [-0.3, -0.25) is 0 Å². The van der Waals surface area contributed by atoms with Crippen LogP contribution in [0.5, 0.6) is 0 Å². The molecular weight excluding hydrogens is 562 g/mol. The van der Waals surface area contributed by atoms with Gasteiger partial charge in [-0.25, -0.2) is 9.18 Å². The van der Waals surface area contributed by atoms with E-state index >= 15 is 0 Å². The first-order chi connectivity index (χ1) is 18.2. The fourth-order valence-electron chi connectivity index (χ4n) is 4.10. The van der Waals surface area contributed by atoms with Gasteiger partial charge in [0.05, 0.1) is 27.9 Å². The van der Waals surface area contributed by atoms with Crippen molar-refractivity contribution in [3.05, 3.63) is 24.1 Å². The third-order valence-corrected chi connectivity index (χ3v) is 8.01. The zero-order valence-electron chi connectivity index (χ0n) is 21.6. The van der Waals surface area contributed by atoms with Crippen molar-refractivity contribution in [3.8, 4) is 10.7 Å². The summed E-state index contributed by atoms with van der Waals surface area (Å²) in [5.41, 5.74) is -4.90. The van der Waals surface area contributed by atoms with E-state index in [0.717, 1.165) is 11.3 Å². The van der Waals surface area contributed by atoms with Gasteiger partial charge in [0.15, 0.2) is 0 Å². The summed E-state index contributed by atoms with van der Waals surface area (Å²) in [5.74, 6) is -0.347. The number of hydrogen-bond acceptors (Lipinski definition) is 10. The number of alkyl carbamates (subject to hydrolysis) is 1. The number of likely N-dealkylation sites (tertiary alicyclic amines) is 1. The van der Waals surface area contributed by atoms with E-state index in [2.05, 4.69) is 20.8 Å². The fourth-order valence-corrected chi connectivity index (χ4v) is 6.21. The lowest BCUT2D eigenvalue weighted by molar-refractivity contribution is -0.0327. The van der Waals surface area contributed by atoms with E-state index in [4.69, 9.17) is 9.26 Å². The summed E-state index contributed by atoms with van der Waals surface area (Å²) in [5, 5.41) is 19.5. The first-order valence-electron chi connectivity index (χ1n) is 12.1. The molecule has 3 N–H and O–H groups in total. The molecule has 3 atom stereocenters. The number of carbonyl (C=O) groups is 1. The molecule has 1 aliphatic rings. The van der Waals surface area contributed by atoms with Crippen LogP contribution in [0.25, 0.3) is 20.8 Å². The number of piperidine rings is 1. The Kier molecular flexibility index (Phi) is 8.64. The number of amides is 1. The number of aliphatic hydroxyl groups excluding tert-OH is 1. The van der Waals surface area contributed by atoms with Crippen LogP contribution in [0.4, 0.5) is 28.0 Å². The normalized spacial score (nSPS) is 19.7. The monoisotopic (exact) mass is 591 g/mol. The molecule has 0 saturated carbocycles. The number of fused-ring (bicyclic) bond motifs is 1. The molecule has 2 aromatic heterocycles. The van der Waals surface area contributed by atoms with E-state index in [9.17, 15) is 27.5 Å². The van der Waals surface area contributed by atoms with Gasteiger partial charge in [0.25, 0.3) is 5.89 Å². The van der Waals surface area contributed by atoms with E-state index in [1.165, 1.54) is 0 Å². The summed E-state index contributed by atoms with van der Waals surface area (Å²) in [7, 11) is 1.83. The number of nitrogens with one attached hydrogen (secondary N) is 2. The van der Waals surface area contributed by atoms with Gasteiger partial charge in [0.2, 0.25) is 5.82 Å². The molecule has 1 fully saturated rings. The predicted molar refractivity (Wildman–Crippen MR) is 141 cm³/mol. The van der Waals surface area contributed by atoms with Crippen LogP contribution in [0.2, 0.25) is 0 Å². The zero-order chi connectivity index (χ0) is 28.5. The molecule has 4 rings (SSSR count). The molecule has 1 aromatic carbocycles. The minimum Gasteiger partial charge on any atom is -0.444 e. The number of thioether (sulfide) groups is 1. The number of nitrogens with zero attached hydrogens (tertiary/aromatic N) is 3. The molecule has 3 heterocycles. The van der Waals surface area contributed by atoms with Crippen LogP contribution in [-0.4, -0.2) is 76.3 Å². The Hall–Kier alpha value is -2.62. The van der Waals surface area contributed by atoms with Gasteiger partial charge >= 0.3 is 11.6 Å². The Morgan fingerprint density at radius 1 is 1.36 bits per heavy atom. The SMILES string of the molecule is CN1CC[C@@H](Nc2cccc3c(SC(F)(F)F)c(-c4noc([C@@H](CO)NC(=O)OC(C)(C)C)n4)sc23)[C@@H](F)C1. The van der Waals surface area contributed by atoms with E-state index in [-0.39, 0.29) is 39.8 Å². The molecule has 214 valence electrons. The highest BCUT2D eigenvalue weighted by atomic mass is 32.2. The number of carbonyl (C=O) groups excluding carboxylic acids is 1. The quantitative estimate of drug-likeness (QED) is 0.240. The highest BCUT2D eigenvalue weighted by Crippen LogP contribution is 2.50. The molecule has 9 nitrogen and oxygen atoms in total. The van der Waals surface area contributed by atoms with E-state index in [1.807, 2.05) is 11.9 Å². The smallest absolute Gasteiger partial charge is 0.444 e. The van der Waals surface area contributed by atoms with Crippen molar-refractivity contribution in [1.29, 1.82) is 0 Å². The van der Waals surface area contributed by atoms with Gasteiger partial charge in [-0.15, -0.1) is 11.3 Å². The van der Waals surface area contributed by atoms with E-state index < -0.39 is 42.1 Å².